The third-order valence-electron chi connectivity index (χ3n) is 10.8. The number of fused-ring (bicyclic) bond motifs is 4. The van der Waals surface area contributed by atoms with Crippen molar-refractivity contribution in [3.8, 4) is 35.2 Å². The summed E-state index contributed by atoms with van der Waals surface area (Å²) in [5.74, 6) is 1.19. The van der Waals surface area contributed by atoms with Gasteiger partial charge in [0.05, 0.1) is 18.4 Å². The van der Waals surface area contributed by atoms with Gasteiger partial charge in [0.15, 0.2) is 5.82 Å². The number of hydrogen-bond acceptors (Lipinski definition) is 9. The third-order valence-corrected chi connectivity index (χ3v) is 12.2. The lowest BCUT2D eigenvalue weighted by atomic mass is 9.93. The number of anilines is 1. The van der Waals surface area contributed by atoms with Crippen LogP contribution in [0.1, 0.15) is 38.2 Å². The first-order chi connectivity index (χ1) is 23.9. The Morgan fingerprint density at radius 3 is 2.54 bits per heavy atom. The second-order valence-electron chi connectivity index (χ2n) is 14.6. The molecule has 1 saturated carbocycles. The number of sulfonamides is 1. The molecule has 0 spiro atoms. The SMILES string of the molecule is C#Cc1cccc2cc(O)cc(-c3c(F)cc4c(N5CC6CCC(C5)N6)nc(OCC5(CN6CCN(S(C)(=O)=O)[C@@H](C)C6)CC5)nc4c3F)c12. The smallest absolute Gasteiger partial charge is 0.319 e. The first-order valence-electron chi connectivity index (χ1n) is 17.2. The van der Waals surface area contributed by atoms with Crippen molar-refractivity contribution in [3.63, 3.8) is 0 Å². The molecule has 8 rings (SSSR count). The number of halogens is 2. The summed E-state index contributed by atoms with van der Waals surface area (Å²) in [5.41, 5.74) is 0.0195. The topological polar surface area (TPSA) is 111 Å². The summed E-state index contributed by atoms with van der Waals surface area (Å²) in [5, 5.41) is 15.4. The minimum absolute atomic E-state index is 0.0152. The van der Waals surface area contributed by atoms with Gasteiger partial charge in [-0.15, -0.1) is 6.42 Å². The Morgan fingerprint density at radius 2 is 1.86 bits per heavy atom. The minimum Gasteiger partial charge on any atom is -0.508 e. The molecule has 3 saturated heterocycles. The maximum absolute atomic E-state index is 16.9. The lowest BCUT2D eigenvalue weighted by Gasteiger charge is -2.39. The fraction of sp³-hybridized carbons (Fsp3) is 0.459. The zero-order chi connectivity index (χ0) is 34.9. The molecule has 3 aliphatic heterocycles. The Balaban J connectivity index is 1.16. The molecule has 1 aliphatic carbocycles. The van der Waals surface area contributed by atoms with Gasteiger partial charge in [-0.2, -0.15) is 14.3 Å². The first-order valence-corrected chi connectivity index (χ1v) is 19.0. The summed E-state index contributed by atoms with van der Waals surface area (Å²) in [6.07, 6.45) is 10.9. The van der Waals surface area contributed by atoms with Gasteiger partial charge in [-0.3, -0.25) is 4.90 Å². The molecular weight excluding hydrogens is 663 g/mol. The van der Waals surface area contributed by atoms with Crippen molar-refractivity contribution >= 4 is 37.5 Å². The summed E-state index contributed by atoms with van der Waals surface area (Å²) < 4.78 is 65.5. The standard InChI is InChI=1S/C37H40F2N6O4S/c1-4-23-6-5-7-24-14-27(46)15-28(31(23)24)32-30(38)16-29-34(33(32)39)41-36(42-35(29)44-18-25-8-9-26(19-44)40-25)49-21-37(10-11-37)20-43-12-13-45(22(2)17-43)50(3,47)48/h1,5-7,14-16,22,25-26,40,46H,8-13,17-21H2,2-3H3/t22-,25?,26?/m0/s1. The second-order valence-corrected chi connectivity index (χ2v) is 16.5. The molecule has 4 aliphatic rings. The quantitative estimate of drug-likeness (QED) is 0.257. The lowest BCUT2D eigenvalue weighted by Crippen LogP contribution is -2.54. The number of phenols is 1. The average molecular weight is 703 g/mol. The van der Waals surface area contributed by atoms with Gasteiger partial charge in [0.1, 0.15) is 22.9 Å². The van der Waals surface area contributed by atoms with Gasteiger partial charge in [0.25, 0.3) is 0 Å². The highest BCUT2D eigenvalue weighted by molar-refractivity contribution is 7.88. The van der Waals surface area contributed by atoms with Gasteiger partial charge in [-0.25, -0.2) is 17.2 Å². The van der Waals surface area contributed by atoms with Crippen LogP contribution in [-0.2, 0) is 10.0 Å². The summed E-state index contributed by atoms with van der Waals surface area (Å²) >= 11 is 0. The number of rotatable bonds is 8. The molecule has 2 N–H and O–H groups in total. The van der Waals surface area contributed by atoms with Crippen molar-refractivity contribution in [2.75, 3.05) is 57.0 Å². The largest absolute Gasteiger partial charge is 0.508 e. The van der Waals surface area contributed by atoms with Crippen LogP contribution in [-0.4, -0.2) is 103 Å². The number of piperazine rings is 2. The molecule has 50 heavy (non-hydrogen) atoms. The molecule has 4 fully saturated rings. The maximum atomic E-state index is 16.9. The fourth-order valence-corrected chi connectivity index (χ4v) is 9.42. The normalized spacial score (nSPS) is 23.7. The molecule has 2 bridgehead atoms. The van der Waals surface area contributed by atoms with Crippen LogP contribution in [0.25, 0.3) is 32.8 Å². The van der Waals surface area contributed by atoms with Gasteiger partial charge < -0.3 is 20.1 Å². The molecule has 1 aromatic heterocycles. The molecule has 4 aromatic rings. The maximum Gasteiger partial charge on any atom is 0.319 e. The van der Waals surface area contributed by atoms with E-state index < -0.39 is 21.7 Å². The monoisotopic (exact) mass is 702 g/mol. The number of nitrogens with one attached hydrogen (secondary N) is 1. The Bertz CT molecular complexity index is 2160. The summed E-state index contributed by atoms with van der Waals surface area (Å²) in [6, 6.07) is 9.68. The van der Waals surface area contributed by atoms with Crippen LogP contribution < -0.4 is 15.0 Å². The molecule has 3 aromatic carbocycles. The van der Waals surface area contributed by atoms with Gasteiger partial charge in [-0.1, -0.05) is 18.1 Å². The highest BCUT2D eigenvalue weighted by Gasteiger charge is 2.46. The number of phenolic OH excluding ortho intramolecular Hbond substituents is 1. The highest BCUT2D eigenvalue weighted by Crippen LogP contribution is 2.47. The minimum atomic E-state index is -3.27. The fourth-order valence-electron chi connectivity index (χ4n) is 8.28. The molecule has 3 atom stereocenters. The third kappa shape index (κ3) is 6.02. The van der Waals surface area contributed by atoms with Crippen LogP contribution in [0.2, 0.25) is 0 Å². The predicted octanol–water partition coefficient (Wildman–Crippen LogP) is 4.48. The van der Waals surface area contributed by atoms with Crippen molar-refractivity contribution in [1.82, 2.24) is 24.5 Å². The van der Waals surface area contributed by atoms with Crippen LogP contribution in [0.3, 0.4) is 0 Å². The number of ether oxygens (including phenoxy) is 1. The van der Waals surface area contributed by atoms with E-state index in [1.165, 1.54) is 24.5 Å². The zero-order valence-electron chi connectivity index (χ0n) is 28.1. The summed E-state index contributed by atoms with van der Waals surface area (Å²) in [7, 11) is -3.27. The van der Waals surface area contributed by atoms with Gasteiger partial charge in [-0.05, 0) is 62.3 Å². The number of hydrogen-bond donors (Lipinski definition) is 2. The summed E-state index contributed by atoms with van der Waals surface area (Å²) in [6.45, 7) is 5.94. The van der Waals surface area contributed by atoms with Crippen LogP contribution in [0.5, 0.6) is 11.8 Å². The number of benzene rings is 3. The lowest BCUT2D eigenvalue weighted by molar-refractivity contribution is 0.100. The van der Waals surface area contributed by atoms with Crippen molar-refractivity contribution in [2.45, 2.75) is 50.7 Å². The van der Waals surface area contributed by atoms with Crippen LogP contribution >= 0.6 is 0 Å². The molecule has 13 heteroatoms. The number of aromatic nitrogens is 2. The molecule has 4 heterocycles. The van der Waals surface area contributed by atoms with E-state index in [2.05, 4.69) is 26.0 Å². The van der Waals surface area contributed by atoms with Crippen LogP contribution in [0, 0.1) is 29.4 Å². The van der Waals surface area contributed by atoms with Crippen LogP contribution in [0.4, 0.5) is 14.6 Å². The molecule has 10 nitrogen and oxygen atoms in total. The van der Waals surface area contributed by atoms with Gasteiger partial charge in [0.2, 0.25) is 10.0 Å². The number of terminal acetylenes is 1. The Kier molecular flexibility index (Phi) is 8.14. The van der Waals surface area contributed by atoms with Crippen molar-refractivity contribution in [3.05, 3.63) is 53.6 Å². The van der Waals surface area contributed by atoms with E-state index in [1.54, 1.807) is 22.5 Å². The van der Waals surface area contributed by atoms with E-state index in [-0.39, 0.29) is 57.3 Å². The van der Waals surface area contributed by atoms with Gasteiger partial charge in [0, 0.05) is 84.7 Å². The second kappa shape index (κ2) is 12.3. The molecular formula is C37H40F2N6O4S. The molecule has 0 amide bonds. The highest BCUT2D eigenvalue weighted by atomic mass is 32.2. The van der Waals surface area contributed by atoms with E-state index in [1.807, 2.05) is 6.92 Å². The van der Waals surface area contributed by atoms with Gasteiger partial charge >= 0.3 is 6.01 Å². The van der Waals surface area contributed by atoms with Crippen molar-refractivity contribution < 1.29 is 27.0 Å². The zero-order valence-corrected chi connectivity index (χ0v) is 28.9. The van der Waals surface area contributed by atoms with E-state index in [0.717, 1.165) is 32.2 Å². The Labute approximate surface area is 290 Å². The average Bonchev–Trinajstić information content (AvgIpc) is 3.75. The van der Waals surface area contributed by atoms with Crippen molar-refractivity contribution in [1.29, 1.82) is 0 Å². The van der Waals surface area contributed by atoms with E-state index in [9.17, 15) is 13.5 Å². The van der Waals surface area contributed by atoms with E-state index in [4.69, 9.17) is 16.1 Å². The number of aromatic hydroxyl groups is 1. The first kappa shape index (κ1) is 33.1. The van der Waals surface area contributed by atoms with E-state index in [0.29, 0.717) is 61.5 Å². The van der Waals surface area contributed by atoms with Crippen molar-refractivity contribution in [2.24, 2.45) is 5.41 Å². The molecule has 0 radical (unpaired) electrons. The summed E-state index contributed by atoms with van der Waals surface area (Å²) in [4.78, 5) is 13.7. The Hall–Kier alpha value is -4.09. The Morgan fingerprint density at radius 1 is 1.10 bits per heavy atom. The van der Waals surface area contributed by atoms with Crippen LogP contribution in [0.15, 0.2) is 36.4 Å². The predicted molar refractivity (Wildman–Crippen MR) is 189 cm³/mol. The van der Waals surface area contributed by atoms with E-state index >= 15 is 8.78 Å². The number of nitrogens with zero attached hydrogens (tertiary/aromatic N) is 5. The molecule has 2 unspecified atom stereocenters. The molecule has 262 valence electrons.